The maximum absolute atomic E-state index is 11.3. The Kier molecular flexibility index (Phi) is 4.43. The molecule has 0 aliphatic heterocycles. The minimum atomic E-state index is -0.398. The summed E-state index contributed by atoms with van der Waals surface area (Å²) >= 11 is 6.10. The second-order valence-electron chi connectivity index (χ2n) is 5.54. The third-order valence-corrected chi connectivity index (χ3v) is 4.16. The molecule has 1 aromatic carbocycles. The number of hydrogen-bond donors (Lipinski definition) is 0. The largest absolute Gasteiger partial charge is 0.489 e. The minimum absolute atomic E-state index is 0.352. The lowest BCUT2D eigenvalue weighted by Crippen LogP contribution is -2.10. The van der Waals surface area contributed by atoms with Crippen molar-refractivity contribution in [3.63, 3.8) is 0 Å². The van der Waals surface area contributed by atoms with E-state index in [1.807, 2.05) is 0 Å². The molecule has 22 heavy (non-hydrogen) atoms. The molecule has 3 rings (SSSR count). The van der Waals surface area contributed by atoms with Crippen LogP contribution in [0, 0.1) is 5.92 Å². The molecule has 0 atom stereocenters. The van der Waals surface area contributed by atoms with Crippen LogP contribution in [0.5, 0.6) is 11.5 Å². The Balaban J connectivity index is 1.92. The van der Waals surface area contributed by atoms with E-state index in [0.717, 1.165) is 0 Å². The van der Waals surface area contributed by atoms with Gasteiger partial charge < -0.3 is 9.47 Å². The minimum Gasteiger partial charge on any atom is -0.489 e. The summed E-state index contributed by atoms with van der Waals surface area (Å²) in [7, 11) is 0. The highest BCUT2D eigenvalue weighted by Gasteiger charge is 2.18. The number of carbonyl (C=O) groups excluding carboxylic acids is 1. The molecular weight excluding hydrogens is 304 g/mol. The van der Waals surface area contributed by atoms with E-state index in [1.54, 1.807) is 12.1 Å². The van der Waals surface area contributed by atoms with Crippen molar-refractivity contribution in [1.82, 2.24) is 9.97 Å². The number of halogens is 1. The number of esters is 1. The molecule has 1 aliphatic carbocycles. The molecule has 0 spiro atoms. The van der Waals surface area contributed by atoms with E-state index in [-0.39, 0.29) is 0 Å². The SMILES string of the molecule is CC(=O)Oc1cc2ncnc(Cl)c2cc1OCC1CCCC1. The number of ether oxygens (including phenoxy) is 2. The van der Waals surface area contributed by atoms with Gasteiger partial charge in [0.2, 0.25) is 0 Å². The Labute approximate surface area is 133 Å². The standard InChI is InChI=1S/C16H17ClN2O3/c1-10(20)22-15-7-13-12(16(17)19-9-18-13)6-14(15)21-8-11-4-2-3-5-11/h6-7,9,11H,2-5,8H2,1H3. The lowest BCUT2D eigenvalue weighted by Gasteiger charge is -2.15. The van der Waals surface area contributed by atoms with Gasteiger partial charge in [-0.2, -0.15) is 0 Å². The predicted octanol–water partition coefficient (Wildman–Crippen LogP) is 3.78. The topological polar surface area (TPSA) is 61.3 Å². The smallest absolute Gasteiger partial charge is 0.308 e. The normalized spacial score (nSPS) is 15.2. The fraction of sp³-hybridized carbons (Fsp3) is 0.438. The number of fused-ring (bicyclic) bond motifs is 1. The first-order valence-corrected chi connectivity index (χ1v) is 7.77. The van der Waals surface area contributed by atoms with E-state index < -0.39 is 5.97 Å². The number of nitrogens with zero attached hydrogens (tertiary/aromatic N) is 2. The van der Waals surface area contributed by atoms with Gasteiger partial charge in [-0.1, -0.05) is 24.4 Å². The van der Waals surface area contributed by atoms with Crippen molar-refractivity contribution in [2.75, 3.05) is 6.61 Å². The van der Waals surface area contributed by atoms with Crippen molar-refractivity contribution in [2.45, 2.75) is 32.6 Å². The summed E-state index contributed by atoms with van der Waals surface area (Å²) in [4.78, 5) is 19.4. The van der Waals surface area contributed by atoms with Gasteiger partial charge in [0.1, 0.15) is 11.5 Å². The van der Waals surface area contributed by atoms with E-state index in [2.05, 4.69) is 9.97 Å². The van der Waals surface area contributed by atoms with Gasteiger partial charge in [-0.25, -0.2) is 9.97 Å². The zero-order chi connectivity index (χ0) is 15.5. The summed E-state index contributed by atoms with van der Waals surface area (Å²) in [6, 6.07) is 3.40. The molecule has 0 unspecified atom stereocenters. The van der Waals surface area contributed by atoms with Crippen LogP contribution >= 0.6 is 11.6 Å². The monoisotopic (exact) mass is 320 g/mol. The molecule has 0 N–H and O–H groups in total. The average molecular weight is 321 g/mol. The fourth-order valence-corrected chi connectivity index (χ4v) is 2.96. The van der Waals surface area contributed by atoms with Crippen LogP contribution in [0.15, 0.2) is 18.5 Å². The van der Waals surface area contributed by atoms with Gasteiger partial charge in [0.25, 0.3) is 0 Å². The molecule has 0 saturated heterocycles. The maximum Gasteiger partial charge on any atom is 0.308 e. The summed E-state index contributed by atoms with van der Waals surface area (Å²) in [5.41, 5.74) is 0.615. The lowest BCUT2D eigenvalue weighted by molar-refractivity contribution is -0.132. The molecule has 1 fully saturated rings. The number of aromatic nitrogens is 2. The van der Waals surface area contributed by atoms with E-state index in [1.165, 1.54) is 38.9 Å². The van der Waals surface area contributed by atoms with Crippen LogP contribution in [0.2, 0.25) is 5.15 Å². The highest BCUT2D eigenvalue weighted by molar-refractivity contribution is 6.34. The van der Waals surface area contributed by atoms with Crippen molar-refractivity contribution in [2.24, 2.45) is 5.92 Å². The summed E-state index contributed by atoms with van der Waals surface area (Å²) in [5, 5.41) is 1.03. The number of rotatable bonds is 4. The first-order chi connectivity index (χ1) is 10.6. The first kappa shape index (κ1) is 15.0. The van der Waals surface area contributed by atoms with Crippen molar-refractivity contribution >= 4 is 28.5 Å². The van der Waals surface area contributed by atoms with Crippen molar-refractivity contribution < 1.29 is 14.3 Å². The summed E-state index contributed by atoms with van der Waals surface area (Å²) in [5.74, 6) is 1.03. The highest BCUT2D eigenvalue weighted by atomic mass is 35.5. The van der Waals surface area contributed by atoms with Gasteiger partial charge in [0.05, 0.1) is 12.1 Å². The third-order valence-electron chi connectivity index (χ3n) is 3.86. The van der Waals surface area contributed by atoms with Crippen LogP contribution in [0.1, 0.15) is 32.6 Å². The zero-order valence-electron chi connectivity index (χ0n) is 12.3. The highest BCUT2D eigenvalue weighted by Crippen LogP contribution is 2.35. The molecule has 0 bridgehead atoms. The Morgan fingerprint density at radius 3 is 2.77 bits per heavy atom. The molecule has 1 saturated carbocycles. The maximum atomic E-state index is 11.3. The Hall–Kier alpha value is -1.88. The van der Waals surface area contributed by atoms with Crippen LogP contribution in [0.4, 0.5) is 0 Å². The molecule has 1 heterocycles. The van der Waals surface area contributed by atoms with Crippen LogP contribution < -0.4 is 9.47 Å². The van der Waals surface area contributed by atoms with Gasteiger partial charge >= 0.3 is 5.97 Å². The fourth-order valence-electron chi connectivity index (χ4n) is 2.76. The third kappa shape index (κ3) is 3.30. The van der Waals surface area contributed by atoms with Gasteiger partial charge in [0.15, 0.2) is 11.5 Å². The van der Waals surface area contributed by atoms with Gasteiger partial charge in [-0.15, -0.1) is 0 Å². The van der Waals surface area contributed by atoms with Crippen molar-refractivity contribution in [3.8, 4) is 11.5 Å². The van der Waals surface area contributed by atoms with Crippen LogP contribution in [0.3, 0.4) is 0 Å². The Morgan fingerprint density at radius 1 is 1.27 bits per heavy atom. The predicted molar refractivity (Wildman–Crippen MR) is 83.3 cm³/mol. The van der Waals surface area contributed by atoms with E-state index >= 15 is 0 Å². The number of benzene rings is 1. The summed E-state index contributed by atoms with van der Waals surface area (Å²) in [6.45, 7) is 1.98. The number of carbonyl (C=O) groups is 1. The van der Waals surface area contributed by atoms with Gasteiger partial charge in [-0.05, 0) is 24.8 Å². The molecular formula is C16H17ClN2O3. The van der Waals surface area contributed by atoms with E-state index in [4.69, 9.17) is 21.1 Å². The molecule has 5 nitrogen and oxygen atoms in total. The quantitative estimate of drug-likeness (QED) is 0.487. The molecule has 0 amide bonds. The first-order valence-electron chi connectivity index (χ1n) is 7.39. The molecule has 0 radical (unpaired) electrons. The van der Waals surface area contributed by atoms with Crippen LogP contribution in [-0.2, 0) is 4.79 Å². The summed E-state index contributed by atoms with van der Waals surface area (Å²) in [6.07, 6.45) is 6.24. The van der Waals surface area contributed by atoms with Crippen molar-refractivity contribution in [1.29, 1.82) is 0 Å². The van der Waals surface area contributed by atoms with Crippen LogP contribution in [-0.4, -0.2) is 22.5 Å². The van der Waals surface area contributed by atoms with Crippen LogP contribution in [0.25, 0.3) is 10.9 Å². The average Bonchev–Trinajstić information content (AvgIpc) is 2.98. The second kappa shape index (κ2) is 6.48. The second-order valence-corrected chi connectivity index (χ2v) is 5.89. The van der Waals surface area contributed by atoms with Crippen molar-refractivity contribution in [3.05, 3.63) is 23.6 Å². The summed E-state index contributed by atoms with van der Waals surface area (Å²) < 4.78 is 11.1. The molecule has 116 valence electrons. The molecule has 6 heteroatoms. The Morgan fingerprint density at radius 2 is 2.05 bits per heavy atom. The molecule has 1 aliphatic rings. The van der Waals surface area contributed by atoms with E-state index in [0.29, 0.717) is 40.1 Å². The van der Waals surface area contributed by atoms with Gasteiger partial charge in [0, 0.05) is 18.4 Å². The molecule has 1 aromatic heterocycles. The zero-order valence-corrected chi connectivity index (χ0v) is 13.1. The molecule has 2 aromatic rings. The Bertz CT molecular complexity index is 699. The van der Waals surface area contributed by atoms with Gasteiger partial charge in [-0.3, -0.25) is 4.79 Å². The number of hydrogen-bond acceptors (Lipinski definition) is 5. The lowest BCUT2D eigenvalue weighted by atomic mass is 10.1. The van der Waals surface area contributed by atoms with E-state index in [9.17, 15) is 4.79 Å².